The van der Waals surface area contributed by atoms with Crippen molar-refractivity contribution in [1.82, 2.24) is 0 Å². The zero-order valence-electron chi connectivity index (χ0n) is 19.8. The lowest BCUT2D eigenvalue weighted by Gasteiger charge is -2.59. The number of carbonyl (C=O) groups is 1. The topological polar surface area (TPSA) is 17.1 Å². The molecule has 4 rings (SSSR count). The molecular formula is C28H46O. The van der Waals surface area contributed by atoms with Gasteiger partial charge in [-0.3, -0.25) is 0 Å². The van der Waals surface area contributed by atoms with Gasteiger partial charge in [0.2, 0.25) is 0 Å². The summed E-state index contributed by atoms with van der Waals surface area (Å²) in [4.78, 5) is 11.4. The number of rotatable bonds is 6. The average Bonchev–Trinajstić information content (AvgIpc) is 3.04. The molecule has 3 fully saturated rings. The minimum absolute atomic E-state index is 0.182. The van der Waals surface area contributed by atoms with Crippen LogP contribution in [0.25, 0.3) is 0 Å². The minimum atomic E-state index is 0.182. The second kappa shape index (κ2) is 8.16. The molecule has 29 heavy (non-hydrogen) atoms. The fraction of sp³-hybridized carbons (Fsp3) is 0.893. The summed E-state index contributed by atoms with van der Waals surface area (Å²) in [6, 6.07) is 0. The maximum absolute atomic E-state index is 11.4. The van der Waals surface area contributed by atoms with Crippen LogP contribution in [0.1, 0.15) is 98.8 Å². The Hall–Kier alpha value is -0.590. The van der Waals surface area contributed by atoms with E-state index in [0.717, 1.165) is 47.8 Å². The first-order valence-electron chi connectivity index (χ1n) is 12.9. The highest BCUT2D eigenvalue weighted by molar-refractivity contribution is 5.57. The van der Waals surface area contributed by atoms with Crippen molar-refractivity contribution in [3.05, 3.63) is 12.2 Å². The summed E-state index contributed by atoms with van der Waals surface area (Å²) in [6.07, 6.45) is 19.9. The molecule has 4 aliphatic rings. The fourth-order valence-electron chi connectivity index (χ4n) is 8.96. The van der Waals surface area contributed by atoms with Gasteiger partial charge in [0.05, 0.1) is 0 Å². The molecule has 9 atom stereocenters. The largest absolute Gasteiger partial charge is 0.303 e. The lowest BCUT2D eigenvalue weighted by molar-refractivity contribution is -0.113. The van der Waals surface area contributed by atoms with Crippen LogP contribution >= 0.6 is 0 Å². The third-order valence-corrected chi connectivity index (χ3v) is 10.6. The Morgan fingerprint density at radius 3 is 2.52 bits per heavy atom. The van der Waals surface area contributed by atoms with Gasteiger partial charge in [0.15, 0.2) is 0 Å². The van der Waals surface area contributed by atoms with Gasteiger partial charge < -0.3 is 4.79 Å². The van der Waals surface area contributed by atoms with E-state index in [1.807, 2.05) is 0 Å². The van der Waals surface area contributed by atoms with Gasteiger partial charge in [-0.15, -0.1) is 0 Å². The van der Waals surface area contributed by atoms with E-state index >= 15 is 0 Å². The summed E-state index contributed by atoms with van der Waals surface area (Å²) in [7, 11) is 0. The predicted octanol–water partition coefficient (Wildman–Crippen LogP) is 7.70. The quantitative estimate of drug-likeness (QED) is 0.331. The van der Waals surface area contributed by atoms with Crippen molar-refractivity contribution in [2.24, 2.45) is 58.2 Å². The third-order valence-electron chi connectivity index (χ3n) is 10.6. The summed E-state index contributed by atoms with van der Waals surface area (Å²) >= 11 is 0. The molecule has 0 spiro atoms. The van der Waals surface area contributed by atoms with Crippen molar-refractivity contribution in [1.29, 1.82) is 0 Å². The van der Waals surface area contributed by atoms with Crippen LogP contribution in [0.3, 0.4) is 0 Å². The lowest BCUT2D eigenvalue weighted by Crippen LogP contribution is -2.52. The SMILES string of the molecule is CC(C)CCC[C@@H](C)[C@H]1CC[C@H]2[C@@H]3CCC4CC(C=O)C=C[C@]4(C)[C@H]3CC[C@]12C. The summed E-state index contributed by atoms with van der Waals surface area (Å²) in [5.41, 5.74) is 0.941. The van der Waals surface area contributed by atoms with E-state index in [2.05, 4.69) is 46.8 Å². The molecular weight excluding hydrogens is 352 g/mol. The van der Waals surface area contributed by atoms with Gasteiger partial charge in [-0.05, 0) is 97.2 Å². The van der Waals surface area contributed by atoms with Crippen molar-refractivity contribution in [2.45, 2.75) is 98.8 Å². The Kier molecular flexibility index (Phi) is 6.09. The molecule has 1 heteroatoms. The third kappa shape index (κ3) is 3.67. The van der Waals surface area contributed by atoms with Crippen LogP contribution in [0.15, 0.2) is 12.2 Å². The van der Waals surface area contributed by atoms with Gasteiger partial charge in [-0.2, -0.15) is 0 Å². The fourth-order valence-corrected chi connectivity index (χ4v) is 8.96. The number of hydrogen-bond donors (Lipinski definition) is 0. The normalized spacial score (nSPS) is 47.4. The molecule has 3 saturated carbocycles. The van der Waals surface area contributed by atoms with Crippen molar-refractivity contribution >= 4 is 6.29 Å². The molecule has 0 heterocycles. The highest BCUT2D eigenvalue weighted by Gasteiger charge is 2.59. The molecule has 0 aromatic carbocycles. The number of fused-ring (bicyclic) bond motifs is 5. The van der Waals surface area contributed by atoms with Crippen LogP contribution in [0.4, 0.5) is 0 Å². The Morgan fingerprint density at radius 1 is 1.00 bits per heavy atom. The van der Waals surface area contributed by atoms with Crippen molar-refractivity contribution in [3.8, 4) is 0 Å². The molecule has 0 radical (unpaired) electrons. The van der Waals surface area contributed by atoms with Crippen LogP contribution in [0, 0.1) is 58.2 Å². The smallest absolute Gasteiger partial charge is 0.126 e. The highest BCUT2D eigenvalue weighted by Crippen LogP contribution is 2.67. The second-order valence-electron chi connectivity index (χ2n) is 12.4. The Balaban J connectivity index is 1.48. The van der Waals surface area contributed by atoms with Crippen LogP contribution in [-0.4, -0.2) is 6.29 Å². The van der Waals surface area contributed by atoms with Crippen molar-refractivity contribution in [2.75, 3.05) is 0 Å². The molecule has 4 aliphatic carbocycles. The zero-order chi connectivity index (χ0) is 20.8. The Morgan fingerprint density at radius 2 is 1.79 bits per heavy atom. The van der Waals surface area contributed by atoms with Gasteiger partial charge in [-0.1, -0.05) is 66.0 Å². The first kappa shape index (κ1) is 21.6. The molecule has 2 unspecified atom stereocenters. The van der Waals surface area contributed by atoms with Gasteiger partial charge in [0, 0.05) is 5.92 Å². The number of carbonyl (C=O) groups excluding carboxylic acids is 1. The predicted molar refractivity (Wildman–Crippen MR) is 123 cm³/mol. The summed E-state index contributed by atoms with van der Waals surface area (Å²) < 4.78 is 0. The Labute approximate surface area is 180 Å². The van der Waals surface area contributed by atoms with Gasteiger partial charge in [0.25, 0.3) is 0 Å². The molecule has 0 aromatic rings. The van der Waals surface area contributed by atoms with E-state index in [9.17, 15) is 4.79 Å². The first-order chi connectivity index (χ1) is 13.8. The molecule has 0 aromatic heterocycles. The summed E-state index contributed by atoms with van der Waals surface area (Å²) in [6.45, 7) is 12.6. The minimum Gasteiger partial charge on any atom is -0.303 e. The maximum atomic E-state index is 11.4. The highest BCUT2D eigenvalue weighted by atomic mass is 16.1. The molecule has 0 bridgehead atoms. The van der Waals surface area contributed by atoms with E-state index < -0.39 is 0 Å². The lowest BCUT2D eigenvalue weighted by atomic mass is 9.45. The number of hydrogen-bond acceptors (Lipinski definition) is 1. The number of aldehydes is 1. The molecule has 0 N–H and O–H groups in total. The molecule has 0 amide bonds. The van der Waals surface area contributed by atoms with Gasteiger partial charge in [-0.25, -0.2) is 0 Å². The van der Waals surface area contributed by atoms with E-state index in [1.165, 1.54) is 64.1 Å². The Bertz CT molecular complexity index is 620. The van der Waals surface area contributed by atoms with Gasteiger partial charge in [0.1, 0.15) is 6.29 Å². The first-order valence-corrected chi connectivity index (χ1v) is 12.9. The average molecular weight is 399 g/mol. The van der Waals surface area contributed by atoms with Crippen LogP contribution in [0.2, 0.25) is 0 Å². The summed E-state index contributed by atoms with van der Waals surface area (Å²) in [5.74, 6) is 6.36. The standard InChI is InChI=1S/C28H46O/c1-19(2)7-6-8-20(3)24-11-12-25-23-10-9-22-17-21(18-29)13-15-27(22,4)26(23)14-16-28(24,25)5/h13,15,18-26H,6-12,14,16-17H2,1-5H3/t20-,21?,22?,23+,24-,25+,26+,27+,28-/m1/s1. The molecule has 0 saturated heterocycles. The van der Waals surface area contributed by atoms with Crippen LogP contribution in [0.5, 0.6) is 0 Å². The molecule has 0 aliphatic heterocycles. The summed E-state index contributed by atoms with van der Waals surface area (Å²) in [5, 5.41) is 0. The van der Waals surface area contributed by atoms with E-state index in [-0.39, 0.29) is 5.92 Å². The van der Waals surface area contributed by atoms with E-state index in [4.69, 9.17) is 0 Å². The monoisotopic (exact) mass is 398 g/mol. The molecule has 1 nitrogen and oxygen atoms in total. The van der Waals surface area contributed by atoms with Crippen LogP contribution < -0.4 is 0 Å². The van der Waals surface area contributed by atoms with E-state index in [0.29, 0.717) is 10.8 Å². The molecule has 164 valence electrons. The van der Waals surface area contributed by atoms with Crippen molar-refractivity contribution in [3.63, 3.8) is 0 Å². The van der Waals surface area contributed by atoms with E-state index in [1.54, 1.807) is 0 Å². The maximum Gasteiger partial charge on any atom is 0.126 e. The second-order valence-corrected chi connectivity index (χ2v) is 12.4. The van der Waals surface area contributed by atoms with Crippen molar-refractivity contribution < 1.29 is 4.79 Å². The zero-order valence-corrected chi connectivity index (χ0v) is 19.8. The van der Waals surface area contributed by atoms with Crippen LogP contribution in [-0.2, 0) is 4.79 Å². The van der Waals surface area contributed by atoms with Gasteiger partial charge >= 0.3 is 0 Å². The number of allylic oxidation sites excluding steroid dienone is 2.